The van der Waals surface area contributed by atoms with E-state index in [1.807, 2.05) is 0 Å². The van der Waals surface area contributed by atoms with Crippen molar-refractivity contribution in [3.05, 3.63) is 23.2 Å². The van der Waals surface area contributed by atoms with E-state index in [0.29, 0.717) is 5.69 Å². The minimum Gasteiger partial charge on any atom is -0.380 e. The fourth-order valence-corrected chi connectivity index (χ4v) is 0.784. The molecule has 0 fully saturated rings. The van der Waals surface area contributed by atoms with Crippen molar-refractivity contribution in [3.8, 4) is 0 Å². The van der Waals surface area contributed by atoms with Gasteiger partial charge in [-0.15, -0.1) is 5.10 Å². The first kappa shape index (κ1) is 9.60. The highest BCUT2D eigenvalue weighted by Gasteiger charge is 2.00. The molecular weight excluding hydrogens is 190 g/mol. The van der Waals surface area contributed by atoms with Gasteiger partial charge in [-0.2, -0.15) is 5.10 Å². The van der Waals surface area contributed by atoms with Crippen LogP contribution in [0.3, 0.4) is 0 Å². The summed E-state index contributed by atoms with van der Waals surface area (Å²) in [7, 11) is 0. The van der Waals surface area contributed by atoms with Crippen LogP contribution in [-0.2, 0) is 0 Å². The minimum atomic E-state index is 0.188. The Morgan fingerprint density at radius 1 is 1.62 bits per heavy atom. The molecule has 1 rings (SSSR count). The Morgan fingerprint density at radius 2 is 2.38 bits per heavy atom. The van der Waals surface area contributed by atoms with E-state index in [9.17, 15) is 0 Å². The molecule has 0 aliphatic rings. The van der Waals surface area contributed by atoms with E-state index in [2.05, 4.69) is 20.2 Å². The molecule has 0 spiro atoms. The molecular formula is C7H8ClN5. The second-order valence-corrected chi connectivity index (χ2v) is 2.47. The molecule has 0 aliphatic carbocycles. The first-order chi connectivity index (χ1) is 6.24. The first-order valence-electron chi connectivity index (χ1n) is 3.53. The number of aromatic nitrogens is 2. The zero-order valence-electron chi connectivity index (χ0n) is 6.98. The third-order valence-corrected chi connectivity index (χ3v) is 1.33. The van der Waals surface area contributed by atoms with Crippen LogP contribution < -0.4 is 5.73 Å². The van der Waals surface area contributed by atoms with E-state index in [1.165, 1.54) is 18.6 Å². The SMILES string of the molecule is C/C=N/N=C(\N)c1cncc(Cl)n1. The zero-order chi connectivity index (χ0) is 9.68. The minimum absolute atomic E-state index is 0.188. The van der Waals surface area contributed by atoms with E-state index in [-0.39, 0.29) is 11.0 Å². The molecule has 0 saturated heterocycles. The molecule has 0 atom stereocenters. The zero-order valence-corrected chi connectivity index (χ0v) is 7.73. The molecule has 1 aromatic heterocycles. The van der Waals surface area contributed by atoms with Crippen LogP contribution in [0.2, 0.25) is 5.15 Å². The Hall–Kier alpha value is -1.49. The van der Waals surface area contributed by atoms with Gasteiger partial charge in [0, 0.05) is 6.21 Å². The second kappa shape index (κ2) is 4.51. The van der Waals surface area contributed by atoms with E-state index in [0.717, 1.165) is 0 Å². The lowest BCUT2D eigenvalue weighted by atomic mass is 10.4. The highest BCUT2D eigenvalue weighted by molar-refractivity contribution is 6.29. The van der Waals surface area contributed by atoms with E-state index in [1.54, 1.807) is 6.92 Å². The summed E-state index contributed by atoms with van der Waals surface area (Å²) in [6.45, 7) is 1.74. The van der Waals surface area contributed by atoms with Gasteiger partial charge < -0.3 is 5.73 Å². The molecule has 6 heteroatoms. The van der Waals surface area contributed by atoms with Crippen molar-refractivity contribution in [2.24, 2.45) is 15.9 Å². The number of amidine groups is 1. The summed E-state index contributed by atoms with van der Waals surface area (Å²) in [6, 6.07) is 0. The molecule has 13 heavy (non-hydrogen) atoms. The molecule has 1 aromatic rings. The summed E-state index contributed by atoms with van der Waals surface area (Å²) in [4.78, 5) is 7.71. The highest BCUT2D eigenvalue weighted by atomic mass is 35.5. The van der Waals surface area contributed by atoms with E-state index >= 15 is 0 Å². The average molecular weight is 198 g/mol. The second-order valence-electron chi connectivity index (χ2n) is 2.09. The maximum Gasteiger partial charge on any atom is 0.173 e. The summed E-state index contributed by atoms with van der Waals surface area (Å²) < 4.78 is 0. The molecule has 1 heterocycles. The standard InChI is InChI=1S/C7H8ClN5/c1-2-11-13-7(9)5-3-10-4-6(8)12-5/h2-4H,1H3,(H2,9,13)/b11-2+. The maximum absolute atomic E-state index is 5.60. The Morgan fingerprint density at radius 3 is 3.00 bits per heavy atom. The molecule has 5 nitrogen and oxygen atoms in total. The molecule has 0 radical (unpaired) electrons. The van der Waals surface area contributed by atoms with Crippen LogP contribution >= 0.6 is 11.6 Å². The van der Waals surface area contributed by atoms with Crippen LogP contribution in [0.1, 0.15) is 12.6 Å². The monoisotopic (exact) mass is 197 g/mol. The topological polar surface area (TPSA) is 76.5 Å². The van der Waals surface area contributed by atoms with Gasteiger partial charge in [0.2, 0.25) is 0 Å². The van der Waals surface area contributed by atoms with Crippen LogP contribution in [0.15, 0.2) is 22.6 Å². The molecule has 68 valence electrons. The molecule has 0 aromatic carbocycles. The van der Waals surface area contributed by atoms with Gasteiger partial charge in [-0.3, -0.25) is 4.98 Å². The Balaban J connectivity index is 2.94. The van der Waals surface area contributed by atoms with Crippen LogP contribution in [0.4, 0.5) is 0 Å². The van der Waals surface area contributed by atoms with Gasteiger partial charge >= 0.3 is 0 Å². The Bertz CT molecular complexity index is 346. The van der Waals surface area contributed by atoms with Crippen molar-refractivity contribution < 1.29 is 0 Å². The summed E-state index contributed by atoms with van der Waals surface area (Å²) in [5.41, 5.74) is 5.94. The summed E-state index contributed by atoms with van der Waals surface area (Å²) in [6.07, 6.45) is 4.40. The number of nitrogens with zero attached hydrogens (tertiary/aromatic N) is 4. The van der Waals surface area contributed by atoms with Gasteiger partial charge in [0.25, 0.3) is 0 Å². The number of hydrogen-bond donors (Lipinski definition) is 1. The molecule has 0 unspecified atom stereocenters. The normalized spacial score (nSPS) is 12.3. The van der Waals surface area contributed by atoms with Gasteiger partial charge in [-0.05, 0) is 6.92 Å². The molecule has 0 bridgehead atoms. The van der Waals surface area contributed by atoms with Crippen molar-refractivity contribution in [2.45, 2.75) is 6.92 Å². The van der Waals surface area contributed by atoms with Gasteiger partial charge in [-0.25, -0.2) is 4.98 Å². The van der Waals surface area contributed by atoms with Gasteiger partial charge in [-0.1, -0.05) is 11.6 Å². The lowest BCUT2D eigenvalue weighted by Gasteiger charge is -1.96. The first-order valence-corrected chi connectivity index (χ1v) is 3.91. The fourth-order valence-electron chi connectivity index (χ4n) is 0.637. The van der Waals surface area contributed by atoms with Crippen molar-refractivity contribution in [1.29, 1.82) is 0 Å². The van der Waals surface area contributed by atoms with Crippen LogP contribution in [0.25, 0.3) is 0 Å². The molecule has 0 amide bonds. The van der Waals surface area contributed by atoms with Crippen LogP contribution in [-0.4, -0.2) is 22.0 Å². The number of rotatable bonds is 2. The quantitative estimate of drug-likeness (QED) is 0.434. The Labute approximate surface area is 80.4 Å². The van der Waals surface area contributed by atoms with Crippen molar-refractivity contribution in [3.63, 3.8) is 0 Å². The average Bonchev–Trinajstić information content (AvgIpc) is 2.14. The van der Waals surface area contributed by atoms with Gasteiger partial charge in [0.05, 0.1) is 12.4 Å². The maximum atomic E-state index is 5.60. The van der Waals surface area contributed by atoms with Crippen LogP contribution in [0.5, 0.6) is 0 Å². The largest absolute Gasteiger partial charge is 0.380 e. The van der Waals surface area contributed by atoms with Crippen molar-refractivity contribution in [2.75, 3.05) is 0 Å². The predicted molar refractivity (Wildman–Crippen MR) is 51.9 cm³/mol. The highest BCUT2D eigenvalue weighted by Crippen LogP contribution is 2.01. The fraction of sp³-hybridized carbons (Fsp3) is 0.143. The van der Waals surface area contributed by atoms with Gasteiger partial charge in [0.15, 0.2) is 5.84 Å². The molecule has 0 aliphatic heterocycles. The van der Waals surface area contributed by atoms with E-state index in [4.69, 9.17) is 17.3 Å². The molecule has 0 saturated carbocycles. The number of halogens is 1. The summed E-state index contributed by atoms with van der Waals surface area (Å²) in [5.74, 6) is 0.188. The van der Waals surface area contributed by atoms with E-state index < -0.39 is 0 Å². The molecule has 2 N–H and O–H groups in total. The summed E-state index contributed by atoms with van der Waals surface area (Å²) in [5, 5.41) is 7.54. The number of nitrogens with two attached hydrogens (primary N) is 1. The lowest BCUT2D eigenvalue weighted by Crippen LogP contribution is -2.14. The smallest absolute Gasteiger partial charge is 0.173 e. The number of hydrogen-bond acceptors (Lipinski definition) is 4. The third-order valence-electron chi connectivity index (χ3n) is 1.15. The summed E-state index contributed by atoms with van der Waals surface area (Å²) >= 11 is 5.60. The van der Waals surface area contributed by atoms with Crippen molar-refractivity contribution >= 4 is 23.7 Å². The lowest BCUT2D eigenvalue weighted by molar-refractivity contribution is 1.14. The predicted octanol–water partition coefficient (Wildman–Crippen LogP) is 0.841. The third kappa shape index (κ3) is 2.79. The van der Waals surface area contributed by atoms with Crippen molar-refractivity contribution in [1.82, 2.24) is 9.97 Å². The van der Waals surface area contributed by atoms with Crippen LogP contribution in [0, 0.1) is 0 Å². The van der Waals surface area contributed by atoms with Gasteiger partial charge in [0.1, 0.15) is 10.8 Å². The Kier molecular flexibility index (Phi) is 3.33.